The Morgan fingerprint density at radius 1 is 1.38 bits per heavy atom. The van der Waals surface area contributed by atoms with E-state index in [4.69, 9.17) is 16.3 Å². The standard InChI is InChI=1S/C17H20ClN3O5/c1-4-26-17(25)19-21(15(23)10(2)3)13-9-14(22)20(16(13)24)12-7-5-6-11(18)8-12/h5-8,10,13H,4,9H2,1-3H3,(H,19,25). The number of hydrazine groups is 1. The number of halogens is 1. The lowest BCUT2D eigenvalue weighted by Crippen LogP contribution is -2.56. The number of nitrogens with one attached hydrogen (secondary N) is 1. The highest BCUT2D eigenvalue weighted by atomic mass is 35.5. The van der Waals surface area contributed by atoms with E-state index in [-0.39, 0.29) is 13.0 Å². The van der Waals surface area contributed by atoms with Crippen LogP contribution in [-0.4, -0.2) is 41.5 Å². The van der Waals surface area contributed by atoms with Crippen LogP contribution in [0.3, 0.4) is 0 Å². The Labute approximate surface area is 156 Å². The average Bonchev–Trinajstić information content (AvgIpc) is 2.86. The number of nitrogens with zero attached hydrogens (tertiary/aromatic N) is 2. The van der Waals surface area contributed by atoms with Crippen molar-refractivity contribution in [2.24, 2.45) is 5.92 Å². The summed E-state index contributed by atoms with van der Waals surface area (Å²) in [5, 5.41) is 1.25. The van der Waals surface area contributed by atoms with E-state index in [1.165, 1.54) is 6.07 Å². The summed E-state index contributed by atoms with van der Waals surface area (Å²) in [6.45, 7) is 4.96. The Kier molecular flexibility index (Phi) is 6.20. The van der Waals surface area contributed by atoms with Crippen molar-refractivity contribution in [3.8, 4) is 0 Å². The Bertz CT molecular complexity index is 737. The first-order valence-corrected chi connectivity index (χ1v) is 8.52. The van der Waals surface area contributed by atoms with E-state index < -0.39 is 35.8 Å². The Balaban J connectivity index is 2.31. The maximum atomic E-state index is 12.8. The number of hydrogen-bond acceptors (Lipinski definition) is 5. The number of hydrogen-bond donors (Lipinski definition) is 1. The first-order chi connectivity index (χ1) is 12.3. The third kappa shape index (κ3) is 4.13. The maximum Gasteiger partial charge on any atom is 0.426 e. The molecule has 1 heterocycles. The molecule has 140 valence electrons. The minimum absolute atomic E-state index is 0.0989. The van der Waals surface area contributed by atoms with Crippen molar-refractivity contribution in [1.82, 2.24) is 10.4 Å². The van der Waals surface area contributed by atoms with E-state index in [1.54, 1.807) is 39.0 Å². The summed E-state index contributed by atoms with van der Waals surface area (Å²) in [5.41, 5.74) is 2.58. The average molecular weight is 382 g/mol. The molecule has 1 atom stereocenters. The lowest BCUT2D eigenvalue weighted by molar-refractivity contribution is -0.144. The van der Waals surface area contributed by atoms with Gasteiger partial charge >= 0.3 is 6.09 Å². The van der Waals surface area contributed by atoms with Crippen LogP contribution in [0.5, 0.6) is 0 Å². The molecule has 1 aliphatic heterocycles. The van der Waals surface area contributed by atoms with Crippen molar-refractivity contribution in [3.63, 3.8) is 0 Å². The molecule has 9 heteroatoms. The molecule has 1 fully saturated rings. The Hall–Kier alpha value is -2.61. The molecule has 0 aliphatic carbocycles. The van der Waals surface area contributed by atoms with Gasteiger partial charge in [0, 0.05) is 10.9 Å². The summed E-state index contributed by atoms with van der Waals surface area (Å²) >= 11 is 5.93. The smallest absolute Gasteiger partial charge is 0.426 e. The van der Waals surface area contributed by atoms with Crippen molar-refractivity contribution < 1.29 is 23.9 Å². The number of anilines is 1. The molecule has 1 aromatic carbocycles. The second-order valence-electron chi connectivity index (χ2n) is 5.96. The minimum atomic E-state index is -1.15. The maximum absolute atomic E-state index is 12.8. The highest BCUT2D eigenvalue weighted by Crippen LogP contribution is 2.27. The van der Waals surface area contributed by atoms with Gasteiger partial charge in [0.15, 0.2) is 0 Å². The molecule has 1 aliphatic rings. The topological polar surface area (TPSA) is 96.0 Å². The molecule has 0 aromatic heterocycles. The van der Waals surface area contributed by atoms with E-state index in [1.807, 2.05) is 0 Å². The number of carbonyl (C=O) groups excluding carboxylic acids is 4. The SMILES string of the molecule is CCOC(=O)NN(C(=O)C(C)C)C1CC(=O)N(c2cccc(Cl)c2)C1=O. The second-order valence-corrected chi connectivity index (χ2v) is 6.40. The minimum Gasteiger partial charge on any atom is -0.449 e. The van der Waals surface area contributed by atoms with Gasteiger partial charge in [0.05, 0.1) is 18.7 Å². The zero-order chi connectivity index (χ0) is 19.4. The molecule has 26 heavy (non-hydrogen) atoms. The van der Waals surface area contributed by atoms with Gasteiger partial charge in [-0.25, -0.2) is 20.1 Å². The molecule has 1 N–H and O–H groups in total. The van der Waals surface area contributed by atoms with Crippen LogP contribution in [0.15, 0.2) is 24.3 Å². The predicted molar refractivity (Wildman–Crippen MR) is 94.2 cm³/mol. The molecular weight excluding hydrogens is 362 g/mol. The van der Waals surface area contributed by atoms with E-state index in [0.29, 0.717) is 10.7 Å². The van der Waals surface area contributed by atoms with Gasteiger partial charge in [-0.1, -0.05) is 31.5 Å². The number of imide groups is 1. The van der Waals surface area contributed by atoms with Crippen LogP contribution in [0.25, 0.3) is 0 Å². The molecule has 1 aromatic rings. The molecule has 8 nitrogen and oxygen atoms in total. The molecular formula is C17H20ClN3O5. The number of carbonyl (C=O) groups is 4. The molecule has 0 saturated carbocycles. The molecule has 1 unspecified atom stereocenters. The van der Waals surface area contributed by atoms with Gasteiger partial charge in [-0.2, -0.15) is 0 Å². The van der Waals surface area contributed by atoms with Crippen LogP contribution in [-0.2, 0) is 19.1 Å². The fourth-order valence-corrected chi connectivity index (χ4v) is 2.72. The van der Waals surface area contributed by atoms with Crippen LogP contribution >= 0.6 is 11.6 Å². The summed E-state index contributed by atoms with van der Waals surface area (Å²) < 4.78 is 4.78. The van der Waals surface area contributed by atoms with Crippen LogP contribution in [0.2, 0.25) is 5.02 Å². The zero-order valence-corrected chi connectivity index (χ0v) is 15.4. The number of benzene rings is 1. The summed E-state index contributed by atoms with van der Waals surface area (Å²) in [7, 11) is 0. The normalized spacial score (nSPS) is 16.8. The van der Waals surface area contributed by atoms with E-state index in [2.05, 4.69) is 5.43 Å². The summed E-state index contributed by atoms with van der Waals surface area (Å²) in [6, 6.07) is 5.12. The lowest BCUT2D eigenvalue weighted by Gasteiger charge is -2.28. The molecule has 0 bridgehead atoms. The van der Waals surface area contributed by atoms with Crippen molar-refractivity contribution in [3.05, 3.63) is 29.3 Å². The van der Waals surface area contributed by atoms with E-state index >= 15 is 0 Å². The molecule has 1 saturated heterocycles. The van der Waals surface area contributed by atoms with Crippen LogP contribution in [0.4, 0.5) is 10.5 Å². The summed E-state index contributed by atoms with van der Waals surface area (Å²) in [4.78, 5) is 50.4. The van der Waals surface area contributed by atoms with Gasteiger partial charge in [0.1, 0.15) is 6.04 Å². The predicted octanol–water partition coefficient (Wildman–Crippen LogP) is 2.12. The molecule has 0 radical (unpaired) electrons. The van der Waals surface area contributed by atoms with Crippen molar-refractivity contribution in [1.29, 1.82) is 0 Å². The van der Waals surface area contributed by atoms with Crippen LogP contribution in [0, 0.1) is 5.92 Å². The third-order valence-corrected chi connectivity index (χ3v) is 3.95. The summed E-state index contributed by atoms with van der Waals surface area (Å²) in [6.07, 6.45) is -1.13. The van der Waals surface area contributed by atoms with Gasteiger partial charge in [-0.3, -0.25) is 14.4 Å². The quantitative estimate of drug-likeness (QED) is 0.636. The van der Waals surface area contributed by atoms with E-state index in [9.17, 15) is 19.2 Å². The fourth-order valence-electron chi connectivity index (χ4n) is 2.53. The van der Waals surface area contributed by atoms with Gasteiger partial charge < -0.3 is 4.74 Å². The van der Waals surface area contributed by atoms with Crippen molar-refractivity contribution in [2.75, 3.05) is 11.5 Å². The Morgan fingerprint density at radius 3 is 2.65 bits per heavy atom. The highest BCUT2D eigenvalue weighted by Gasteiger charge is 2.45. The first kappa shape index (κ1) is 19.7. The molecule has 4 amide bonds. The highest BCUT2D eigenvalue weighted by molar-refractivity contribution is 6.31. The van der Waals surface area contributed by atoms with Crippen LogP contribution < -0.4 is 10.3 Å². The zero-order valence-electron chi connectivity index (χ0n) is 14.7. The summed E-state index contributed by atoms with van der Waals surface area (Å²) in [5.74, 6) is -2.12. The first-order valence-electron chi connectivity index (χ1n) is 8.15. The lowest BCUT2D eigenvalue weighted by atomic mass is 10.1. The fraction of sp³-hybridized carbons (Fsp3) is 0.412. The number of rotatable bonds is 4. The van der Waals surface area contributed by atoms with Gasteiger partial charge in [0.25, 0.3) is 5.91 Å². The molecule has 2 rings (SSSR count). The van der Waals surface area contributed by atoms with Crippen LogP contribution in [0.1, 0.15) is 27.2 Å². The van der Waals surface area contributed by atoms with Crippen molar-refractivity contribution in [2.45, 2.75) is 33.2 Å². The van der Waals surface area contributed by atoms with Gasteiger partial charge in [-0.15, -0.1) is 0 Å². The Morgan fingerprint density at radius 2 is 2.08 bits per heavy atom. The largest absolute Gasteiger partial charge is 0.449 e. The number of amides is 4. The monoisotopic (exact) mass is 381 g/mol. The van der Waals surface area contributed by atoms with E-state index in [0.717, 1.165) is 9.91 Å². The van der Waals surface area contributed by atoms with Crippen molar-refractivity contribution >= 4 is 41.1 Å². The molecule has 0 spiro atoms. The second kappa shape index (κ2) is 8.18. The van der Waals surface area contributed by atoms with Gasteiger partial charge in [0.2, 0.25) is 11.8 Å². The number of ether oxygens (including phenoxy) is 1. The van der Waals surface area contributed by atoms with Gasteiger partial charge in [-0.05, 0) is 25.1 Å². The third-order valence-electron chi connectivity index (χ3n) is 3.72.